The van der Waals surface area contributed by atoms with Gasteiger partial charge >= 0.3 is 0 Å². The number of hydrogen-bond acceptors (Lipinski definition) is 2. The molecule has 2 atom stereocenters. The maximum atomic E-state index is 5.86. The summed E-state index contributed by atoms with van der Waals surface area (Å²) in [4.78, 5) is 6.94. The van der Waals surface area contributed by atoms with Crippen LogP contribution in [0.5, 0.6) is 0 Å². The molecule has 1 aliphatic carbocycles. The quantitative estimate of drug-likeness (QED) is 0.546. The summed E-state index contributed by atoms with van der Waals surface area (Å²) < 4.78 is 2.42. The van der Waals surface area contributed by atoms with Gasteiger partial charge in [-0.05, 0) is 85.9 Å². The minimum atomic E-state index is 0.0129. The summed E-state index contributed by atoms with van der Waals surface area (Å²) in [5.74, 6) is 0. The molecule has 5 heteroatoms. The molecule has 0 spiro atoms. The number of thiocarbonyl (C=S) groups is 1. The summed E-state index contributed by atoms with van der Waals surface area (Å²) in [6.07, 6.45) is 11.7. The van der Waals surface area contributed by atoms with Crippen LogP contribution in [0.15, 0.2) is 61.1 Å². The van der Waals surface area contributed by atoms with Gasteiger partial charge in [0.1, 0.15) is 0 Å². The normalized spacial score (nSPS) is 21.9. The zero-order valence-corrected chi connectivity index (χ0v) is 18.4. The average Bonchev–Trinajstić information content (AvgIpc) is 3.47. The summed E-state index contributed by atoms with van der Waals surface area (Å²) in [6.45, 7) is 4.29. The van der Waals surface area contributed by atoms with Crippen LogP contribution in [-0.4, -0.2) is 14.7 Å². The Bertz CT molecular complexity index is 1030. The molecule has 1 saturated carbocycles. The van der Waals surface area contributed by atoms with Gasteiger partial charge in [-0.1, -0.05) is 25.0 Å². The van der Waals surface area contributed by atoms with Crippen molar-refractivity contribution in [2.45, 2.75) is 57.7 Å². The van der Waals surface area contributed by atoms with E-state index in [1.54, 1.807) is 0 Å². The maximum Gasteiger partial charge on any atom is 0.174 e. The van der Waals surface area contributed by atoms with Crippen molar-refractivity contribution in [1.29, 1.82) is 0 Å². The minimum Gasteiger partial charge on any atom is -0.351 e. The Morgan fingerprint density at radius 1 is 1.03 bits per heavy atom. The molecule has 154 valence electrons. The molecule has 0 amide bonds. The van der Waals surface area contributed by atoms with Crippen LogP contribution in [0.4, 0.5) is 5.69 Å². The first-order valence-corrected chi connectivity index (χ1v) is 11.3. The van der Waals surface area contributed by atoms with Gasteiger partial charge in [-0.25, -0.2) is 0 Å². The highest BCUT2D eigenvalue weighted by Gasteiger charge is 2.41. The first-order valence-electron chi connectivity index (χ1n) is 10.9. The zero-order valence-electron chi connectivity index (χ0n) is 17.6. The summed E-state index contributed by atoms with van der Waals surface area (Å²) in [6, 6.07) is 15.7. The minimum absolute atomic E-state index is 0.0129. The summed E-state index contributed by atoms with van der Waals surface area (Å²) in [7, 11) is 0. The zero-order chi connectivity index (χ0) is 20.7. The molecule has 30 heavy (non-hydrogen) atoms. The Balaban J connectivity index is 1.59. The van der Waals surface area contributed by atoms with Crippen LogP contribution in [0, 0.1) is 13.8 Å². The van der Waals surface area contributed by atoms with Gasteiger partial charge in [-0.2, -0.15) is 0 Å². The van der Waals surface area contributed by atoms with E-state index < -0.39 is 0 Å². The Morgan fingerprint density at radius 3 is 2.50 bits per heavy atom. The van der Waals surface area contributed by atoms with Gasteiger partial charge in [0.2, 0.25) is 0 Å². The van der Waals surface area contributed by atoms with Gasteiger partial charge in [-0.3, -0.25) is 4.98 Å². The van der Waals surface area contributed by atoms with E-state index in [0.717, 1.165) is 16.5 Å². The van der Waals surface area contributed by atoms with Crippen molar-refractivity contribution in [3.8, 4) is 0 Å². The fourth-order valence-electron chi connectivity index (χ4n) is 5.10. The van der Waals surface area contributed by atoms with Crippen LogP contribution < -0.4 is 10.2 Å². The van der Waals surface area contributed by atoms with Crippen LogP contribution >= 0.6 is 12.2 Å². The largest absolute Gasteiger partial charge is 0.351 e. The predicted octanol–water partition coefficient (Wildman–Crippen LogP) is 5.79. The van der Waals surface area contributed by atoms with E-state index in [1.165, 1.54) is 42.4 Å². The molecule has 3 aromatic rings. The van der Waals surface area contributed by atoms with Crippen molar-refractivity contribution in [2.24, 2.45) is 0 Å². The number of rotatable bonds is 4. The monoisotopic (exact) mass is 416 g/mol. The molecule has 0 unspecified atom stereocenters. The molecular weight excluding hydrogens is 388 g/mol. The van der Waals surface area contributed by atoms with E-state index >= 15 is 0 Å². The van der Waals surface area contributed by atoms with Crippen LogP contribution in [-0.2, 0) is 0 Å². The van der Waals surface area contributed by atoms with Crippen molar-refractivity contribution in [3.05, 3.63) is 83.4 Å². The Morgan fingerprint density at radius 2 is 1.80 bits per heavy atom. The Labute approximate surface area is 183 Å². The molecule has 2 aliphatic rings. The highest BCUT2D eigenvalue weighted by Crippen LogP contribution is 2.42. The molecule has 4 nitrogen and oxygen atoms in total. The van der Waals surface area contributed by atoms with E-state index in [1.807, 2.05) is 18.3 Å². The van der Waals surface area contributed by atoms with Crippen LogP contribution in [0.25, 0.3) is 0 Å². The predicted molar refractivity (Wildman–Crippen MR) is 126 cm³/mol. The number of benzene rings is 1. The third-order valence-corrected chi connectivity index (χ3v) is 6.72. The van der Waals surface area contributed by atoms with Gasteiger partial charge in [0.05, 0.1) is 17.8 Å². The second-order valence-corrected chi connectivity index (χ2v) is 9.06. The molecule has 0 radical (unpaired) electrons. The molecule has 0 bridgehead atoms. The van der Waals surface area contributed by atoms with Crippen molar-refractivity contribution < 1.29 is 0 Å². The fraction of sp³-hybridized carbons (Fsp3) is 0.360. The molecular formula is C25H28N4S. The molecule has 1 aliphatic heterocycles. The standard InChI is InChI=1S/C25H28N4S/c1-17-13-18(2)15-21(14-17)29-24(19-10-12-28(16-19)20-7-3-4-8-20)23(27-25(29)30)22-9-5-6-11-26-22/h5-6,9-16,20,23-24H,3-4,7-8H2,1-2H3,(H,27,30)/t23-,24-/m0/s1. The number of nitrogens with zero attached hydrogens (tertiary/aromatic N) is 3. The van der Waals surface area contributed by atoms with Crippen molar-refractivity contribution >= 4 is 23.0 Å². The fourth-order valence-corrected chi connectivity index (χ4v) is 5.44. The van der Waals surface area contributed by atoms with E-state index in [2.05, 4.69) is 76.3 Å². The van der Waals surface area contributed by atoms with E-state index in [9.17, 15) is 0 Å². The second kappa shape index (κ2) is 7.88. The summed E-state index contributed by atoms with van der Waals surface area (Å²) >= 11 is 5.86. The maximum absolute atomic E-state index is 5.86. The van der Waals surface area contributed by atoms with Crippen LogP contribution in [0.2, 0.25) is 0 Å². The lowest BCUT2D eigenvalue weighted by Crippen LogP contribution is -2.29. The molecule has 2 aromatic heterocycles. The first kappa shape index (κ1) is 19.3. The second-order valence-electron chi connectivity index (χ2n) is 8.67. The highest BCUT2D eigenvalue weighted by molar-refractivity contribution is 7.80. The van der Waals surface area contributed by atoms with E-state index in [0.29, 0.717) is 6.04 Å². The molecule has 5 rings (SSSR count). The van der Waals surface area contributed by atoms with Gasteiger partial charge in [0.25, 0.3) is 0 Å². The third kappa shape index (κ3) is 3.52. The van der Waals surface area contributed by atoms with Gasteiger partial charge < -0.3 is 14.8 Å². The highest BCUT2D eigenvalue weighted by atomic mass is 32.1. The van der Waals surface area contributed by atoms with E-state index in [4.69, 9.17) is 12.2 Å². The molecule has 1 N–H and O–H groups in total. The average molecular weight is 417 g/mol. The van der Waals surface area contributed by atoms with Gasteiger partial charge in [-0.15, -0.1) is 0 Å². The van der Waals surface area contributed by atoms with Crippen LogP contribution in [0.1, 0.15) is 66.2 Å². The number of aromatic nitrogens is 2. The van der Waals surface area contributed by atoms with Crippen molar-refractivity contribution in [1.82, 2.24) is 14.9 Å². The smallest absolute Gasteiger partial charge is 0.174 e. The summed E-state index contributed by atoms with van der Waals surface area (Å²) in [5, 5.41) is 4.33. The lowest BCUT2D eigenvalue weighted by atomic mass is 9.98. The topological polar surface area (TPSA) is 33.1 Å². The van der Waals surface area contributed by atoms with Crippen molar-refractivity contribution in [3.63, 3.8) is 0 Å². The number of anilines is 1. The van der Waals surface area contributed by atoms with Crippen molar-refractivity contribution in [2.75, 3.05) is 4.90 Å². The SMILES string of the molecule is Cc1cc(C)cc(N2C(=S)N[C@@H](c3ccccn3)[C@@H]2c2ccn(C3CCCC3)c2)c1. The molecule has 1 aromatic carbocycles. The van der Waals surface area contributed by atoms with Crippen LogP contribution in [0.3, 0.4) is 0 Å². The lowest BCUT2D eigenvalue weighted by Gasteiger charge is -2.28. The van der Waals surface area contributed by atoms with Gasteiger partial charge in [0, 0.05) is 30.3 Å². The number of nitrogens with one attached hydrogen (secondary N) is 1. The summed E-state index contributed by atoms with van der Waals surface area (Å²) in [5.41, 5.74) is 5.93. The number of aryl methyl sites for hydroxylation is 2. The number of pyridine rings is 1. The molecule has 2 fully saturated rings. The Hall–Kier alpha value is -2.66. The third-order valence-electron chi connectivity index (χ3n) is 6.41. The first-order chi connectivity index (χ1) is 14.6. The molecule has 1 saturated heterocycles. The lowest BCUT2D eigenvalue weighted by molar-refractivity contribution is 0.515. The Kier molecular flexibility index (Phi) is 5.07. The number of hydrogen-bond donors (Lipinski definition) is 1. The molecule has 3 heterocycles. The van der Waals surface area contributed by atoms with E-state index in [-0.39, 0.29) is 12.1 Å². The van der Waals surface area contributed by atoms with Gasteiger partial charge in [0.15, 0.2) is 5.11 Å².